The van der Waals surface area contributed by atoms with Crippen LogP contribution in [0, 0.1) is 0 Å². The van der Waals surface area contributed by atoms with Crippen LogP contribution in [0.25, 0.3) is 0 Å². The molecule has 3 rings (SSSR count). The maximum atomic E-state index is 12.9. The van der Waals surface area contributed by atoms with E-state index in [4.69, 9.17) is 16.3 Å². The van der Waals surface area contributed by atoms with Gasteiger partial charge in [-0.3, -0.25) is 0 Å². The van der Waals surface area contributed by atoms with Crippen molar-refractivity contribution in [1.29, 1.82) is 0 Å². The predicted molar refractivity (Wildman–Crippen MR) is 99.1 cm³/mol. The van der Waals surface area contributed by atoms with Gasteiger partial charge in [0.05, 0.1) is 0 Å². The number of esters is 1. The van der Waals surface area contributed by atoms with Crippen molar-refractivity contribution in [2.45, 2.75) is 23.1 Å². The summed E-state index contributed by atoms with van der Waals surface area (Å²) in [6.45, 7) is 0. The first-order valence-corrected chi connectivity index (χ1v) is 9.98. The molecule has 0 radical (unpaired) electrons. The van der Waals surface area contributed by atoms with Crippen LogP contribution in [0.15, 0.2) is 66.7 Å². The minimum atomic E-state index is -0.522. The van der Waals surface area contributed by atoms with Crippen molar-refractivity contribution in [2.24, 2.45) is 0 Å². The van der Waals surface area contributed by atoms with Crippen molar-refractivity contribution in [3.8, 4) is 0 Å². The Morgan fingerprint density at radius 2 is 1.83 bits per heavy atom. The second-order valence-electron chi connectivity index (χ2n) is 5.81. The van der Waals surface area contributed by atoms with Crippen LogP contribution in [0.1, 0.15) is 24.3 Å². The van der Waals surface area contributed by atoms with Gasteiger partial charge in [-0.15, -0.1) is 0 Å². The van der Waals surface area contributed by atoms with Crippen LogP contribution in [0.2, 0.25) is 9.34 Å². The zero-order valence-electron chi connectivity index (χ0n) is 13.4. The van der Waals surface area contributed by atoms with E-state index in [-0.39, 0.29) is 26.8 Å². The molecule has 0 bridgehead atoms. The number of allylic oxidation sites excluding steroid dienone is 2. The van der Waals surface area contributed by atoms with Crippen LogP contribution in [0.3, 0.4) is 0 Å². The normalized spacial score (nSPS) is 23.0. The number of halogens is 1. The zero-order chi connectivity index (χ0) is 17.0. The van der Waals surface area contributed by atoms with Crippen LogP contribution in [-0.2, 0) is 9.53 Å². The SMILES string of the molecule is COC(=O)[C@@]1([Se]c2ccc(Cl)cc2)CC=CC[C@@H]1c1ccccc1. The molecule has 0 heterocycles. The van der Waals surface area contributed by atoms with Gasteiger partial charge in [-0.2, -0.15) is 0 Å². The molecule has 0 spiro atoms. The first-order valence-electron chi connectivity index (χ1n) is 7.88. The number of carbonyl (C=O) groups is 1. The fraction of sp³-hybridized carbons (Fsp3) is 0.250. The van der Waals surface area contributed by atoms with Crippen LogP contribution in [-0.4, -0.2) is 28.0 Å². The molecule has 0 unspecified atom stereocenters. The second kappa shape index (κ2) is 7.56. The Balaban J connectivity index is 2.03. The van der Waals surface area contributed by atoms with Gasteiger partial charge in [0.15, 0.2) is 0 Å². The number of ether oxygens (including phenoxy) is 1. The van der Waals surface area contributed by atoms with Gasteiger partial charge in [0, 0.05) is 0 Å². The molecule has 0 N–H and O–H groups in total. The topological polar surface area (TPSA) is 26.3 Å². The Hall–Kier alpha value is -1.54. The minimum absolute atomic E-state index is 0.0596. The standard InChI is InChI=1S/C20H19ClO2Se/c1-23-19(22)20(24-17-12-10-16(21)11-13-17)14-6-5-9-18(20)15-7-3-2-4-8-15/h2-8,10-13,18H,9,14H2,1H3/t18-,20-/m1/s1. The Morgan fingerprint density at radius 1 is 1.12 bits per heavy atom. The molecule has 0 saturated carbocycles. The van der Waals surface area contributed by atoms with E-state index in [1.807, 2.05) is 42.5 Å². The number of benzene rings is 2. The molecule has 1 aliphatic carbocycles. The average molecular weight is 406 g/mol. The van der Waals surface area contributed by atoms with Gasteiger partial charge in [0.1, 0.15) is 0 Å². The molecule has 2 nitrogen and oxygen atoms in total. The van der Waals surface area contributed by atoms with E-state index in [0.29, 0.717) is 11.4 Å². The third kappa shape index (κ3) is 3.44. The fourth-order valence-electron chi connectivity index (χ4n) is 3.18. The Bertz CT molecular complexity index is 727. The van der Waals surface area contributed by atoms with Gasteiger partial charge in [-0.1, -0.05) is 0 Å². The number of hydrogen-bond donors (Lipinski definition) is 0. The summed E-state index contributed by atoms with van der Waals surface area (Å²) in [4.78, 5) is 12.9. The van der Waals surface area contributed by atoms with Crippen molar-refractivity contribution in [2.75, 3.05) is 7.11 Å². The van der Waals surface area contributed by atoms with Gasteiger partial charge < -0.3 is 0 Å². The summed E-state index contributed by atoms with van der Waals surface area (Å²) in [5.41, 5.74) is 1.20. The molecule has 2 aromatic carbocycles. The molecule has 24 heavy (non-hydrogen) atoms. The molecule has 0 aromatic heterocycles. The van der Waals surface area contributed by atoms with Gasteiger partial charge in [-0.25, -0.2) is 0 Å². The molecule has 0 fully saturated rings. The van der Waals surface area contributed by atoms with Crippen LogP contribution < -0.4 is 4.46 Å². The summed E-state index contributed by atoms with van der Waals surface area (Å²) in [7, 11) is 1.49. The summed E-state index contributed by atoms with van der Waals surface area (Å²) in [5.74, 6) is 0.0162. The Labute approximate surface area is 154 Å². The molecule has 4 heteroatoms. The first kappa shape index (κ1) is 17.3. The van der Waals surface area contributed by atoms with E-state index in [0.717, 1.165) is 10.9 Å². The van der Waals surface area contributed by atoms with E-state index in [2.05, 4.69) is 24.3 Å². The van der Waals surface area contributed by atoms with Crippen molar-refractivity contribution in [3.05, 3.63) is 77.3 Å². The summed E-state index contributed by atoms with van der Waals surface area (Å²) in [5, 5.41) is 0.713. The van der Waals surface area contributed by atoms with Gasteiger partial charge in [0.25, 0.3) is 0 Å². The summed E-state index contributed by atoms with van der Waals surface area (Å²) < 4.78 is 5.90. The Kier molecular flexibility index (Phi) is 5.45. The molecule has 2 atom stereocenters. The quantitative estimate of drug-likeness (QED) is 0.434. The van der Waals surface area contributed by atoms with Gasteiger partial charge in [0.2, 0.25) is 0 Å². The Morgan fingerprint density at radius 3 is 2.50 bits per heavy atom. The molecule has 0 saturated heterocycles. The van der Waals surface area contributed by atoms with E-state index < -0.39 is 4.31 Å². The third-order valence-corrected chi connectivity index (χ3v) is 7.75. The first-order chi connectivity index (χ1) is 11.7. The van der Waals surface area contributed by atoms with Gasteiger partial charge >= 0.3 is 154 Å². The summed E-state index contributed by atoms with van der Waals surface area (Å²) in [6, 6.07) is 18.1. The van der Waals surface area contributed by atoms with Crippen LogP contribution in [0.4, 0.5) is 0 Å². The van der Waals surface area contributed by atoms with E-state index in [1.54, 1.807) is 0 Å². The number of carbonyl (C=O) groups excluding carboxylic acids is 1. The summed E-state index contributed by atoms with van der Waals surface area (Å²) in [6.07, 6.45) is 5.86. The van der Waals surface area contributed by atoms with Crippen molar-refractivity contribution >= 4 is 37.0 Å². The molecule has 124 valence electrons. The average Bonchev–Trinajstić information content (AvgIpc) is 2.64. The molecule has 1 aliphatic rings. The monoisotopic (exact) mass is 406 g/mol. The molecular formula is C20H19ClO2Se. The van der Waals surface area contributed by atoms with Crippen molar-refractivity contribution < 1.29 is 9.53 Å². The second-order valence-corrected chi connectivity index (χ2v) is 9.19. The number of methoxy groups -OCH3 is 1. The van der Waals surface area contributed by atoms with Gasteiger partial charge in [-0.05, 0) is 0 Å². The molecule has 0 amide bonds. The maximum absolute atomic E-state index is 12.9. The third-order valence-electron chi connectivity index (χ3n) is 4.37. The van der Waals surface area contributed by atoms with Crippen LogP contribution in [0.5, 0.6) is 0 Å². The number of hydrogen-bond acceptors (Lipinski definition) is 2. The number of rotatable bonds is 4. The molecule has 2 aromatic rings. The molecule has 0 aliphatic heterocycles. The van der Waals surface area contributed by atoms with Crippen LogP contribution >= 0.6 is 11.6 Å². The molecular weight excluding hydrogens is 387 g/mol. The van der Waals surface area contributed by atoms with E-state index >= 15 is 0 Å². The van der Waals surface area contributed by atoms with Crippen molar-refractivity contribution in [1.82, 2.24) is 0 Å². The van der Waals surface area contributed by atoms with Crippen molar-refractivity contribution in [3.63, 3.8) is 0 Å². The summed E-state index contributed by atoms with van der Waals surface area (Å²) >= 11 is 5.95. The van der Waals surface area contributed by atoms with E-state index in [9.17, 15) is 4.79 Å². The predicted octanol–water partition coefficient (Wildman–Crippen LogP) is 4.14. The van der Waals surface area contributed by atoms with E-state index in [1.165, 1.54) is 12.7 Å². The zero-order valence-corrected chi connectivity index (χ0v) is 15.9. The fourth-order valence-corrected chi connectivity index (χ4v) is 6.27.